The zero-order valence-electron chi connectivity index (χ0n) is 11.5. The summed E-state index contributed by atoms with van der Waals surface area (Å²) in [4.78, 5) is 22.2. The molecule has 0 fully saturated rings. The van der Waals surface area contributed by atoms with Crippen LogP contribution in [-0.4, -0.2) is 37.8 Å². The average molecular weight is 298 g/mol. The van der Waals surface area contributed by atoms with Gasteiger partial charge in [0.1, 0.15) is 13.2 Å². The maximum atomic E-state index is 11.4. The molecule has 0 unspecified atom stereocenters. The van der Waals surface area contributed by atoms with Crippen LogP contribution in [0.2, 0.25) is 0 Å². The van der Waals surface area contributed by atoms with Crippen LogP contribution in [0.3, 0.4) is 0 Å². The summed E-state index contributed by atoms with van der Waals surface area (Å²) < 4.78 is 9.80. The fourth-order valence-electron chi connectivity index (χ4n) is 1.31. The molecule has 0 saturated carbocycles. The van der Waals surface area contributed by atoms with Crippen molar-refractivity contribution in [3.63, 3.8) is 0 Å². The Morgan fingerprint density at radius 1 is 1.20 bits per heavy atom. The van der Waals surface area contributed by atoms with E-state index < -0.39 is 6.09 Å². The highest BCUT2D eigenvalue weighted by Crippen LogP contribution is 2.09. The Kier molecular flexibility index (Phi) is 7.34. The van der Waals surface area contributed by atoms with E-state index in [-0.39, 0.29) is 25.1 Å². The van der Waals surface area contributed by atoms with Gasteiger partial charge in [-0.1, -0.05) is 12.1 Å². The van der Waals surface area contributed by atoms with Gasteiger partial charge < -0.3 is 20.1 Å². The maximum Gasteiger partial charge on any atom is 0.407 e. The third-order valence-corrected chi connectivity index (χ3v) is 2.82. The van der Waals surface area contributed by atoms with Crippen molar-refractivity contribution in [3.8, 4) is 0 Å². The molecule has 20 heavy (non-hydrogen) atoms. The number of rotatable bonds is 6. The van der Waals surface area contributed by atoms with Gasteiger partial charge in [-0.15, -0.1) is 0 Å². The first kappa shape index (κ1) is 16.2. The minimum Gasteiger partial charge on any atom is -0.456 e. The second kappa shape index (κ2) is 9.08. The molecule has 0 spiro atoms. The van der Waals surface area contributed by atoms with Crippen molar-refractivity contribution in [1.82, 2.24) is 5.32 Å². The van der Waals surface area contributed by atoms with Crippen LogP contribution in [0.4, 0.5) is 15.3 Å². The van der Waals surface area contributed by atoms with E-state index in [1.54, 1.807) is 6.26 Å². The van der Waals surface area contributed by atoms with Crippen LogP contribution in [-0.2, 0) is 16.1 Å². The van der Waals surface area contributed by atoms with Gasteiger partial charge in [-0.3, -0.25) is 0 Å². The minimum absolute atomic E-state index is 0.131. The largest absolute Gasteiger partial charge is 0.456 e. The summed E-state index contributed by atoms with van der Waals surface area (Å²) in [6, 6.07) is 7.55. The molecule has 110 valence electrons. The number of anilines is 1. The van der Waals surface area contributed by atoms with Crippen LogP contribution < -0.4 is 10.6 Å². The molecule has 7 heteroatoms. The molecule has 0 aliphatic heterocycles. The van der Waals surface area contributed by atoms with E-state index in [9.17, 15) is 9.59 Å². The zero-order valence-corrected chi connectivity index (χ0v) is 12.3. The number of alkyl carbamates (subject to hydrolysis) is 1. The molecular formula is C13H18N2O4S. The lowest BCUT2D eigenvalue weighted by Crippen LogP contribution is -2.28. The lowest BCUT2D eigenvalue weighted by molar-refractivity contribution is 0.134. The zero-order chi connectivity index (χ0) is 14.8. The van der Waals surface area contributed by atoms with E-state index in [4.69, 9.17) is 9.47 Å². The number of ether oxygens (including phenoxy) is 2. The highest BCUT2D eigenvalue weighted by Gasteiger charge is 2.03. The van der Waals surface area contributed by atoms with Gasteiger partial charge in [0.2, 0.25) is 0 Å². The Morgan fingerprint density at radius 2 is 1.90 bits per heavy atom. The molecule has 1 amide bonds. The molecule has 6 nitrogen and oxygen atoms in total. The summed E-state index contributed by atoms with van der Waals surface area (Å²) in [5.41, 5.74) is 1.89. The Morgan fingerprint density at radius 3 is 2.50 bits per heavy atom. The van der Waals surface area contributed by atoms with E-state index >= 15 is 0 Å². The van der Waals surface area contributed by atoms with E-state index in [1.165, 1.54) is 0 Å². The Balaban J connectivity index is 2.17. The molecule has 0 aromatic heterocycles. The summed E-state index contributed by atoms with van der Waals surface area (Å²) >= 11 is 0.984. The van der Waals surface area contributed by atoms with Crippen molar-refractivity contribution in [2.24, 2.45) is 0 Å². The van der Waals surface area contributed by atoms with Crippen LogP contribution in [0.5, 0.6) is 0 Å². The van der Waals surface area contributed by atoms with E-state index in [1.807, 2.05) is 31.3 Å². The number of carbonyl (C=O) groups is 2. The smallest absolute Gasteiger partial charge is 0.407 e. The quantitative estimate of drug-likeness (QED) is 0.620. The fraction of sp³-hybridized carbons (Fsp3) is 0.385. The molecule has 0 aliphatic carbocycles. The molecule has 1 rings (SSSR count). The fourth-order valence-corrected chi connectivity index (χ4v) is 1.52. The second-order valence-corrected chi connectivity index (χ2v) is 4.49. The predicted molar refractivity (Wildman–Crippen MR) is 79.0 cm³/mol. The van der Waals surface area contributed by atoms with Gasteiger partial charge in [0, 0.05) is 12.7 Å². The molecule has 0 saturated heterocycles. The van der Waals surface area contributed by atoms with Crippen LogP contribution in [0.25, 0.3) is 0 Å². The van der Waals surface area contributed by atoms with Crippen molar-refractivity contribution >= 4 is 28.8 Å². The van der Waals surface area contributed by atoms with Gasteiger partial charge in [0.25, 0.3) is 0 Å². The van der Waals surface area contributed by atoms with Crippen LogP contribution in [0.1, 0.15) is 5.56 Å². The van der Waals surface area contributed by atoms with Crippen molar-refractivity contribution in [2.45, 2.75) is 6.61 Å². The summed E-state index contributed by atoms with van der Waals surface area (Å²) in [5, 5.41) is 5.13. The summed E-state index contributed by atoms with van der Waals surface area (Å²) in [6.07, 6.45) is 1.09. The van der Waals surface area contributed by atoms with Crippen molar-refractivity contribution in [3.05, 3.63) is 29.8 Å². The summed E-state index contributed by atoms with van der Waals surface area (Å²) in [7, 11) is 1.84. The number of benzene rings is 1. The van der Waals surface area contributed by atoms with Gasteiger partial charge in [0.15, 0.2) is 0 Å². The molecule has 2 N–H and O–H groups in total. The van der Waals surface area contributed by atoms with Gasteiger partial charge in [-0.2, -0.15) is 0 Å². The molecule has 0 aliphatic rings. The lowest BCUT2D eigenvalue weighted by atomic mass is 10.2. The second-order valence-electron chi connectivity index (χ2n) is 3.75. The molecule has 1 aromatic carbocycles. The van der Waals surface area contributed by atoms with Gasteiger partial charge in [-0.25, -0.2) is 9.59 Å². The third kappa shape index (κ3) is 6.33. The first-order chi connectivity index (χ1) is 9.65. The first-order valence-electron chi connectivity index (χ1n) is 6.03. The number of thioether (sulfide) groups is 1. The van der Waals surface area contributed by atoms with Gasteiger partial charge >= 0.3 is 11.4 Å². The van der Waals surface area contributed by atoms with E-state index in [2.05, 4.69) is 10.6 Å². The molecule has 0 atom stereocenters. The van der Waals surface area contributed by atoms with Gasteiger partial charge in [0.05, 0.1) is 6.54 Å². The van der Waals surface area contributed by atoms with Crippen LogP contribution >= 0.6 is 11.8 Å². The molecule has 1 aromatic rings. The standard InChI is InChI=1S/C13H18N2O4S/c1-14-11-5-3-10(4-6-11)9-19-12(16)15-7-8-18-13(17)20-2/h3-6,14H,7-9H2,1-2H3,(H,15,16). The normalized spacial score (nSPS) is 9.70. The SMILES string of the molecule is CNc1ccc(COC(=O)NCCOC(=O)SC)cc1. The van der Waals surface area contributed by atoms with Crippen molar-refractivity contribution in [2.75, 3.05) is 31.8 Å². The third-order valence-electron chi connectivity index (χ3n) is 2.37. The Bertz CT molecular complexity index is 437. The number of hydrogen-bond donors (Lipinski definition) is 2. The van der Waals surface area contributed by atoms with Crippen molar-refractivity contribution < 1.29 is 19.1 Å². The van der Waals surface area contributed by atoms with Crippen LogP contribution in [0, 0.1) is 0 Å². The minimum atomic E-state index is -0.539. The van der Waals surface area contributed by atoms with E-state index in [0.29, 0.717) is 0 Å². The highest BCUT2D eigenvalue weighted by atomic mass is 32.2. The lowest BCUT2D eigenvalue weighted by Gasteiger charge is -2.08. The number of nitrogens with one attached hydrogen (secondary N) is 2. The molecular weight excluding hydrogens is 280 g/mol. The Labute approximate surface area is 122 Å². The van der Waals surface area contributed by atoms with Gasteiger partial charge in [-0.05, 0) is 35.7 Å². The monoisotopic (exact) mass is 298 g/mol. The summed E-state index contributed by atoms with van der Waals surface area (Å²) in [5.74, 6) is 0. The molecule has 0 radical (unpaired) electrons. The number of amides is 1. The van der Waals surface area contributed by atoms with Crippen molar-refractivity contribution in [1.29, 1.82) is 0 Å². The van der Waals surface area contributed by atoms with E-state index in [0.717, 1.165) is 23.0 Å². The number of hydrogen-bond acceptors (Lipinski definition) is 6. The number of carbonyl (C=O) groups excluding carboxylic acids is 2. The first-order valence-corrected chi connectivity index (χ1v) is 7.26. The summed E-state index contributed by atoms with van der Waals surface area (Å²) in [6.45, 7) is 0.551. The predicted octanol–water partition coefficient (Wildman–Crippen LogP) is 2.45. The highest BCUT2D eigenvalue weighted by molar-refractivity contribution is 8.12. The average Bonchev–Trinajstić information content (AvgIpc) is 2.49. The Hall–Kier alpha value is -1.89. The maximum absolute atomic E-state index is 11.4. The molecule has 0 heterocycles. The van der Waals surface area contributed by atoms with Crippen LogP contribution in [0.15, 0.2) is 24.3 Å². The molecule has 0 bridgehead atoms. The topological polar surface area (TPSA) is 76.7 Å².